The molecule has 0 unspecified atom stereocenters. The lowest BCUT2D eigenvalue weighted by molar-refractivity contribution is 0.0651. The second kappa shape index (κ2) is 4.95. The predicted molar refractivity (Wildman–Crippen MR) is 75.6 cm³/mol. The average Bonchev–Trinajstić information content (AvgIpc) is 2.41. The van der Waals surface area contributed by atoms with Crippen LogP contribution in [0.4, 0.5) is 0 Å². The van der Waals surface area contributed by atoms with E-state index in [0.29, 0.717) is 12.0 Å². The molecule has 0 radical (unpaired) electrons. The molecule has 0 saturated carbocycles. The van der Waals surface area contributed by atoms with Crippen molar-refractivity contribution in [3.8, 4) is 0 Å². The Kier molecular flexibility index (Phi) is 3.16. The topological polar surface area (TPSA) is 3.24 Å². The maximum Gasteiger partial charge on any atom is 0.0429 e. The van der Waals surface area contributed by atoms with Gasteiger partial charge in [0.2, 0.25) is 0 Å². The Bertz CT molecular complexity index is 492. The van der Waals surface area contributed by atoms with E-state index >= 15 is 0 Å². The summed E-state index contributed by atoms with van der Waals surface area (Å²) in [6, 6.07) is 22.3. The van der Waals surface area contributed by atoms with E-state index in [0.717, 1.165) is 6.54 Å². The lowest BCUT2D eigenvalue weighted by atomic mass is 9.79. The summed E-state index contributed by atoms with van der Waals surface area (Å²) in [6.07, 6.45) is 0. The maximum absolute atomic E-state index is 2.55. The molecule has 2 aromatic rings. The Morgan fingerprint density at radius 2 is 1.44 bits per heavy atom. The van der Waals surface area contributed by atoms with Gasteiger partial charge < -0.3 is 0 Å². The molecule has 92 valence electrons. The summed E-state index contributed by atoms with van der Waals surface area (Å²) in [6.45, 7) is 4.56. The third-order valence-electron chi connectivity index (χ3n) is 3.98. The van der Waals surface area contributed by atoms with Crippen molar-refractivity contribution in [2.75, 3.05) is 13.1 Å². The first kappa shape index (κ1) is 11.5. The van der Waals surface area contributed by atoms with Gasteiger partial charge in [0.1, 0.15) is 0 Å². The van der Waals surface area contributed by atoms with Crippen molar-refractivity contribution in [2.45, 2.75) is 18.9 Å². The van der Waals surface area contributed by atoms with Crippen molar-refractivity contribution >= 4 is 0 Å². The number of hydrogen-bond donors (Lipinski definition) is 0. The standard InChI is InChI=1S/C17H19N/c1-2-18-13-16(14-9-5-3-6-10-14)17(18)15-11-7-4-8-12-15/h3-12,16-17H,2,13H2,1H3/t16-,17-/m0/s1. The van der Waals surface area contributed by atoms with E-state index in [9.17, 15) is 0 Å². The number of hydrogen-bond acceptors (Lipinski definition) is 1. The van der Waals surface area contributed by atoms with E-state index in [1.165, 1.54) is 17.7 Å². The molecule has 1 heteroatoms. The highest BCUT2D eigenvalue weighted by Gasteiger charge is 2.39. The number of nitrogens with zero attached hydrogens (tertiary/aromatic N) is 1. The van der Waals surface area contributed by atoms with Crippen LogP contribution in [0.2, 0.25) is 0 Å². The van der Waals surface area contributed by atoms with Crippen LogP contribution in [0.15, 0.2) is 60.7 Å². The molecule has 18 heavy (non-hydrogen) atoms. The fourth-order valence-corrected chi connectivity index (χ4v) is 2.99. The Labute approximate surface area is 109 Å². The van der Waals surface area contributed by atoms with Crippen LogP contribution in [0.3, 0.4) is 0 Å². The molecule has 0 amide bonds. The number of likely N-dealkylation sites (N-methyl/N-ethyl adjacent to an activating group) is 1. The predicted octanol–water partition coefficient (Wildman–Crippen LogP) is 3.85. The number of benzene rings is 2. The van der Waals surface area contributed by atoms with E-state index in [2.05, 4.69) is 72.5 Å². The Hall–Kier alpha value is -1.60. The molecule has 0 bridgehead atoms. The van der Waals surface area contributed by atoms with Crippen LogP contribution in [0.5, 0.6) is 0 Å². The molecule has 0 aliphatic carbocycles. The monoisotopic (exact) mass is 237 g/mol. The van der Waals surface area contributed by atoms with Crippen molar-refractivity contribution < 1.29 is 0 Å². The third kappa shape index (κ3) is 1.95. The molecular formula is C17H19N. The third-order valence-corrected chi connectivity index (χ3v) is 3.98. The number of likely N-dealkylation sites (tertiary alicyclic amines) is 1. The van der Waals surface area contributed by atoms with Crippen LogP contribution in [0.25, 0.3) is 0 Å². The van der Waals surface area contributed by atoms with Crippen molar-refractivity contribution in [3.05, 3.63) is 71.8 Å². The molecule has 1 fully saturated rings. The second-order valence-corrected chi connectivity index (χ2v) is 4.96. The van der Waals surface area contributed by atoms with E-state index in [-0.39, 0.29) is 0 Å². The van der Waals surface area contributed by atoms with Crippen LogP contribution >= 0.6 is 0 Å². The van der Waals surface area contributed by atoms with Gasteiger partial charge >= 0.3 is 0 Å². The fraction of sp³-hybridized carbons (Fsp3) is 0.294. The van der Waals surface area contributed by atoms with Crippen molar-refractivity contribution in [1.29, 1.82) is 0 Å². The normalized spacial score (nSPS) is 23.6. The first-order chi connectivity index (χ1) is 8.90. The van der Waals surface area contributed by atoms with Crippen LogP contribution in [0, 0.1) is 0 Å². The fourth-order valence-electron chi connectivity index (χ4n) is 2.99. The van der Waals surface area contributed by atoms with Gasteiger partial charge in [0.05, 0.1) is 0 Å². The molecule has 1 heterocycles. The average molecular weight is 237 g/mol. The largest absolute Gasteiger partial charge is 0.295 e. The van der Waals surface area contributed by atoms with Gasteiger partial charge in [-0.05, 0) is 17.7 Å². The summed E-state index contributed by atoms with van der Waals surface area (Å²) in [4.78, 5) is 2.55. The molecule has 3 rings (SSSR count). The minimum absolute atomic E-state index is 0.554. The highest BCUT2D eigenvalue weighted by molar-refractivity contribution is 5.32. The van der Waals surface area contributed by atoms with E-state index in [1.807, 2.05) is 0 Å². The maximum atomic E-state index is 2.55. The zero-order valence-electron chi connectivity index (χ0n) is 10.8. The minimum atomic E-state index is 0.554. The van der Waals surface area contributed by atoms with Gasteiger partial charge in [-0.2, -0.15) is 0 Å². The zero-order chi connectivity index (χ0) is 12.4. The van der Waals surface area contributed by atoms with Gasteiger partial charge in [0, 0.05) is 18.5 Å². The van der Waals surface area contributed by atoms with Crippen LogP contribution in [-0.4, -0.2) is 18.0 Å². The number of rotatable bonds is 3. The lowest BCUT2D eigenvalue weighted by Gasteiger charge is -2.48. The Morgan fingerprint density at radius 1 is 0.889 bits per heavy atom. The SMILES string of the molecule is CCN1C[C@@H](c2ccccc2)[C@@H]1c1ccccc1. The van der Waals surface area contributed by atoms with Gasteiger partial charge in [-0.1, -0.05) is 67.6 Å². The molecule has 0 aromatic heterocycles. The van der Waals surface area contributed by atoms with Gasteiger partial charge in [-0.3, -0.25) is 4.90 Å². The van der Waals surface area contributed by atoms with E-state index < -0.39 is 0 Å². The molecule has 1 aliphatic heterocycles. The second-order valence-electron chi connectivity index (χ2n) is 4.96. The summed E-state index contributed by atoms with van der Waals surface area (Å²) >= 11 is 0. The molecule has 1 aliphatic rings. The molecule has 2 aromatic carbocycles. The first-order valence-corrected chi connectivity index (χ1v) is 6.74. The molecule has 1 nitrogen and oxygen atoms in total. The quantitative estimate of drug-likeness (QED) is 0.784. The molecule has 2 atom stereocenters. The van der Waals surface area contributed by atoms with Gasteiger partial charge in [-0.15, -0.1) is 0 Å². The van der Waals surface area contributed by atoms with Crippen LogP contribution in [-0.2, 0) is 0 Å². The summed E-state index contributed by atoms with van der Waals surface area (Å²) in [5.41, 5.74) is 2.91. The lowest BCUT2D eigenvalue weighted by Crippen LogP contribution is -2.47. The van der Waals surface area contributed by atoms with Crippen molar-refractivity contribution in [1.82, 2.24) is 4.90 Å². The summed E-state index contributed by atoms with van der Waals surface area (Å²) in [7, 11) is 0. The minimum Gasteiger partial charge on any atom is -0.295 e. The summed E-state index contributed by atoms with van der Waals surface area (Å²) < 4.78 is 0. The van der Waals surface area contributed by atoms with Crippen molar-refractivity contribution in [2.24, 2.45) is 0 Å². The summed E-state index contributed by atoms with van der Waals surface area (Å²) in [5, 5.41) is 0. The molecule has 0 spiro atoms. The Balaban J connectivity index is 1.89. The van der Waals surface area contributed by atoms with Crippen LogP contribution in [0.1, 0.15) is 30.0 Å². The smallest absolute Gasteiger partial charge is 0.0429 e. The van der Waals surface area contributed by atoms with E-state index in [4.69, 9.17) is 0 Å². The van der Waals surface area contributed by atoms with Gasteiger partial charge in [0.25, 0.3) is 0 Å². The summed E-state index contributed by atoms with van der Waals surface area (Å²) in [5.74, 6) is 0.647. The van der Waals surface area contributed by atoms with Gasteiger partial charge in [0.15, 0.2) is 0 Å². The molecule has 0 N–H and O–H groups in total. The van der Waals surface area contributed by atoms with Crippen molar-refractivity contribution in [3.63, 3.8) is 0 Å². The molecule has 1 saturated heterocycles. The Morgan fingerprint density at radius 3 is 2.00 bits per heavy atom. The van der Waals surface area contributed by atoms with Gasteiger partial charge in [-0.25, -0.2) is 0 Å². The zero-order valence-corrected chi connectivity index (χ0v) is 10.8. The molecular weight excluding hydrogens is 218 g/mol. The highest BCUT2D eigenvalue weighted by atomic mass is 15.2. The van der Waals surface area contributed by atoms with Crippen LogP contribution < -0.4 is 0 Å². The van der Waals surface area contributed by atoms with E-state index in [1.54, 1.807) is 0 Å². The first-order valence-electron chi connectivity index (χ1n) is 6.74. The highest BCUT2D eigenvalue weighted by Crippen LogP contribution is 2.44.